The maximum atomic E-state index is 13.2. The van der Waals surface area contributed by atoms with Crippen molar-refractivity contribution in [2.75, 3.05) is 38.7 Å². The normalized spacial score (nSPS) is 14.0. The zero-order valence-corrected chi connectivity index (χ0v) is 22.2. The number of benzene rings is 2. The minimum atomic E-state index is -0.655. The molecule has 1 aliphatic rings. The van der Waals surface area contributed by atoms with Crippen LogP contribution >= 0.6 is 11.3 Å². The minimum Gasteiger partial charge on any atom is -0.495 e. The fourth-order valence-corrected chi connectivity index (χ4v) is 4.66. The molecule has 194 valence electrons. The zero-order chi connectivity index (χ0) is 26.1. The number of alkyl halides is 1. The fraction of sp³-hybridized carbons (Fsp3) is 0.407. The third-order valence-electron chi connectivity index (χ3n) is 5.90. The fourth-order valence-electron chi connectivity index (χ4n) is 3.93. The van der Waals surface area contributed by atoms with Crippen LogP contribution in [0.2, 0.25) is 0 Å². The third kappa shape index (κ3) is 7.18. The van der Waals surface area contributed by atoms with E-state index in [1.807, 2.05) is 50.4 Å². The van der Waals surface area contributed by atoms with Crippen molar-refractivity contribution in [2.45, 2.75) is 39.8 Å². The van der Waals surface area contributed by atoms with Crippen LogP contribution in [0.15, 0.2) is 41.8 Å². The third-order valence-corrected chi connectivity index (χ3v) is 6.66. The predicted octanol–water partition coefficient (Wildman–Crippen LogP) is 5.81. The van der Waals surface area contributed by atoms with Crippen molar-refractivity contribution >= 4 is 28.1 Å². The Bertz CT molecular complexity index is 1130. The number of nitrogens with one attached hydrogen (secondary N) is 1. The van der Waals surface area contributed by atoms with E-state index in [2.05, 4.69) is 15.2 Å². The number of thiazole rings is 1. The number of carbonyl (C=O) groups excluding carboxylic acids is 1. The van der Waals surface area contributed by atoms with Gasteiger partial charge in [-0.25, -0.2) is 9.37 Å². The molecule has 1 saturated heterocycles. The highest BCUT2D eigenvalue weighted by atomic mass is 32.1. The molecule has 0 unspecified atom stereocenters. The molecule has 1 fully saturated rings. The van der Waals surface area contributed by atoms with Crippen LogP contribution in [-0.2, 0) is 0 Å². The van der Waals surface area contributed by atoms with E-state index in [0.29, 0.717) is 41.6 Å². The molecule has 1 amide bonds. The summed E-state index contributed by atoms with van der Waals surface area (Å²) >= 11 is 1.45. The van der Waals surface area contributed by atoms with Gasteiger partial charge in [-0.05, 0) is 61.7 Å². The number of halogens is 1. The van der Waals surface area contributed by atoms with Crippen molar-refractivity contribution in [1.82, 2.24) is 9.88 Å². The van der Waals surface area contributed by atoms with Gasteiger partial charge in [0.15, 0.2) is 5.13 Å². The number of piperidine rings is 1. The lowest BCUT2D eigenvalue weighted by Crippen LogP contribution is -2.37. The summed E-state index contributed by atoms with van der Waals surface area (Å²) in [5, 5.41) is 5.86. The van der Waals surface area contributed by atoms with Crippen molar-refractivity contribution in [3.63, 3.8) is 0 Å². The van der Waals surface area contributed by atoms with Gasteiger partial charge in [-0.2, -0.15) is 0 Å². The van der Waals surface area contributed by atoms with Crippen LogP contribution in [-0.4, -0.2) is 55.3 Å². The summed E-state index contributed by atoms with van der Waals surface area (Å²) in [4.78, 5) is 18.6. The second-order valence-corrected chi connectivity index (χ2v) is 9.14. The van der Waals surface area contributed by atoms with Crippen molar-refractivity contribution in [2.24, 2.45) is 5.73 Å². The molecule has 0 aliphatic carbocycles. The largest absolute Gasteiger partial charge is 0.495 e. The van der Waals surface area contributed by atoms with E-state index in [-0.39, 0.29) is 0 Å². The maximum absolute atomic E-state index is 13.2. The molecular weight excluding hydrogens is 479 g/mol. The van der Waals surface area contributed by atoms with Crippen LogP contribution in [0, 0.1) is 6.92 Å². The summed E-state index contributed by atoms with van der Waals surface area (Å²) in [6, 6.07) is 11.3. The van der Waals surface area contributed by atoms with Gasteiger partial charge in [-0.1, -0.05) is 13.8 Å². The average molecular weight is 515 g/mol. The first kappa shape index (κ1) is 27.4. The number of carbonyl (C=O) groups is 1. The maximum Gasteiger partial charge on any atom is 0.249 e. The van der Waals surface area contributed by atoms with E-state index < -0.39 is 12.1 Å². The molecule has 2 heterocycles. The number of nitrogens with two attached hydrogens (primary N) is 1. The van der Waals surface area contributed by atoms with E-state index in [4.69, 9.17) is 15.2 Å². The molecule has 3 N–H and O–H groups in total. The number of hydrogen-bond acceptors (Lipinski definition) is 7. The minimum absolute atomic E-state index is 0.433. The van der Waals surface area contributed by atoms with Crippen molar-refractivity contribution in [3.8, 4) is 22.8 Å². The topological polar surface area (TPSA) is 89.7 Å². The summed E-state index contributed by atoms with van der Waals surface area (Å²) in [7, 11) is 1.58. The first-order valence-corrected chi connectivity index (χ1v) is 13.1. The SMILES string of the molecule is CC.COc1cc(C)c(C(N)=O)cc1Nc1nc(-c2ccc(OCCN3CCC(F)CC3)cc2)cs1. The Labute approximate surface area is 216 Å². The Kier molecular flexibility index (Phi) is 10.1. The lowest BCUT2D eigenvalue weighted by atomic mass is 10.1. The Morgan fingerprint density at radius 2 is 1.92 bits per heavy atom. The van der Waals surface area contributed by atoms with Gasteiger partial charge in [0.05, 0.1) is 18.5 Å². The van der Waals surface area contributed by atoms with Gasteiger partial charge in [-0.15, -0.1) is 11.3 Å². The molecule has 1 aliphatic heterocycles. The first-order chi connectivity index (χ1) is 17.4. The number of ether oxygens (including phenoxy) is 2. The van der Waals surface area contributed by atoms with Crippen LogP contribution in [0.5, 0.6) is 11.5 Å². The lowest BCUT2D eigenvalue weighted by Gasteiger charge is -2.28. The Morgan fingerprint density at radius 1 is 1.22 bits per heavy atom. The second kappa shape index (κ2) is 13.2. The Hall–Kier alpha value is -3.17. The van der Waals surface area contributed by atoms with Crippen molar-refractivity contribution < 1.29 is 18.7 Å². The molecular formula is C27H35FN4O3S. The monoisotopic (exact) mass is 514 g/mol. The van der Waals surface area contributed by atoms with Crippen LogP contribution in [0.25, 0.3) is 11.3 Å². The molecule has 0 saturated carbocycles. The van der Waals surface area contributed by atoms with Crippen LogP contribution in [0.1, 0.15) is 42.6 Å². The highest BCUT2D eigenvalue weighted by Gasteiger charge is 2.18. The van der Waals surface area contributed by atoms with E-state index in [0.717, 1.165) is 42.2 Å². The number of methoxy groups -OCH3 is 1. The van der Waals surface area contributed by atoms with Gasteiger partial charge < -0.3 is 20.5 Å². The van der Waals surface area contributed by atoms with E-state index in [9.17, 15) is 9.18 Å². The average Bonchev–Trinajstić information content (AvgIpc) is 3.36. The van der Waals surface area contributed by atoms with Gasteiger partial charge in [0.1, 0.15) is 24.3 Å². The number of rotatable bonds is 9. The lowest BCUT2D eigenvalue weighted by molar-refractivity contribution is 0.0999. The van der Waals surface area contributed by atoms with Crippen LogP contribution in [0.4, 0.5) is 15.2 Å². The smallest absolute Gasteiger partial charge is 0.249 e. The molecule has 0 spiro atoms. The molecule has 2 aromatic carbocycles. The molecule has 0 radical (unpaired) electrons. The molecule has 9 heteroatoms. The number of primary amides is 1. The van der Waals surface area contributed by atoms with Crippen LogP contribution in [0.3, 0.4) is 0 Å². The Morgan fingerprint density at radius 3 is 2.56 bits per heavy atom. The van der Waals surface area contributed by atoms with Crippen LogP contribution < -0.4 is 20.5 Å². The Balaban J connectivity index is 0.00000176. The molecule has 36 heavy (non-hydrogen) atoms. The van der Waals surface area contributed by atoms with E-state index in [1.54, 1.807) is 19.2 Å². The van der Waals surface area contributed by atoms with Crippen molar-refractivity contribution in [1.29, 1.82) is 0 Å². The molecule has 1 aromatic heterocycles. The molecule has 0 bridgehead atoms. The highest BCUT2D eigenvalue weighted by Crippen LogP contribution is 2.34. The van der Waals surface area contributed by atoms with Gasteiger partial charge in [0.25, 0.3) is 0 Å². The number of hydrogen-bond donors (Lipinski definition) is 2. The molecule has 4 rings (SSSR count). The van der Waals surface area contributed by atoms with Gasteiger partial charge in [0, 0.05) is 36.1 Å². The number of amides is 1. The summed E-state index contributed by atoms with van der Waals surface area (Å²) in [6.07, 6.45) is 0.572. The standard InChI is InChI=1S/C25H29FN4O3S.C2H6/c1-16-13-23(32-2)21(14-20(16)24(27)31)28-25-29-22(15-34-25)17-3-5-19(6-4-17)33-12-11-30-9-7-18(26)8-10-30;1-2/h3-6,13-15,18H,7-12H2,1-2H3,(H2,27,31)(H,28,29);1-2H3. The molecule has 7 nitrogen and oxygen atoms in total. The van der Waals surface area contributed by atoms with E-state index >= 15 is 0 Å². The first-order valence-electron chi connectivity index (χ1n) is 12.2. The highest BCUT2D eigenvalue weighted by molar-refractivity contribution is 7.14. The zero-order valence-electron chi connectivity index (χ0n) is 21.3. The summed E-state index contributed by atoms with van der Waals surface area (Å²) in [6.45, 7) is 8.78. The summed E-state index contributed by atoms with van der Waals surface area (Å²) in [5.41, 5.74) is 9.09. The number of likely N-dealkylation sites (tertiary alicyclic amines) is 1. The predicted molar refractivity (Wildman–Crippen MR) is 144 cm³/mol. The van der Waals surface area contributed by atoms with Gasteiger partial charge in [-0.3, -0.25) is 9.69 Å². The number of nitrogens with zero attached hydrogens (tertiary/aromatic N) is 2. The number of anilines is 2. The van der Waals surface area contributed by atoms with Gasteiger partial charge >= 0.3 is 0 Å². The quantitative estimate of drug-likeness (QED) is 0.375. The number of aryl methyl sites for hydroxylation is 1. The van der Waals surface area contributed by atoms with E-state index in [1.165, 1.54) is 11.3 Å². The second-order valence-electron chi connectivity index (χ2n) is 8.28. The van der Waals surface area contributed by atoms with Gasteiger partial charge in [0.2, 0.25) is 5.91 Å². The molecule has 0 atom stereocenters. The summed E-state index contributed by atoms with van der Waals surface area (Å²) < 4.78 is 24.5. The van der Waals surface area contributed by atoms with Crippen molar-refractivity contribution in [3.05, 3.63) is 52.9 Å². The molecule has 3 aromatic rings. The summed E-state index contributed by atoms with van der Waals surface area (Å²) in [5.74, 6) is 0.908. The number of aromatic nitrogens is 1.